The van der Waals surface area contributed by atoms with Crippen LogP contribution in [-0.2, 0) is 4.79 Å². The van der Waals surface area contributed by atoms with Crippen molar-refractivity contribution in [1.82, 2.24) is 5.32 Å². The van der Waals surface area contributed by atoms with Crippen molar-refractivity contribution in [3.63, 3.8) is 0 Å². The van der Waals surface area contributed by atoms with Crippen LogP contribution in [0.25, 0.3) is 11.1 Å². The Balaban J connectivity index is 1.95. The molecular weight excluding hydrogens is 443 g/mol. The summed E-state index contributed by atoms with van der Waals surface area (Å²) in [5, 5.41) is 13.5. The van der Waals surface area contributed by atoms with Gasteiger partial charge in [-0.15, -0.1) is 0 Å². The third-order valence-corrected chi connectivity index (χ3v) is 5.43. The highest BCUT2D eigenvalue weighted by atomic mass is 19.3. The highest BCUT2D eigenvalue weighted by Crippen LogP contribution is 2.30. The van der Waals surface area contributed by atoms with Crippen molar-refractivity contribution in [1.29, 1.82) is 5.41 Å². The van der Waals surface area contributed by atoms with E-state index in [2.05, 4.69) is 10.6 Å². The van der Waals surface area contributed by atoms with Crippen molar-refractivity contribution in [2.24, 2.45) is 0 Å². The molecule has 0 fully saturated rings. The fraction of sp³-hybridized carbons (Fsp3) is 0.231. The number of nitrogens with one attached hydrogen (secondary N) is 3. The second-order valence-electron chi connectivity index (χ2n) is 8.00. The van der Waals surface area contributed by atoms with Crippen LogP contribution in [0.5, 0.6) is 5.75 Å². The molecule has 0 aromatic heterocycles. The molecule has 5 nitrogen and oxygen atoms in total. The largest absolute Gasteiger partial charge is 0.497 e. The summed E-state index contributed by atoms with van der Waals surface area (Å²) in [6.45, 7) is 2.18. The number of methoxy groups -OCH3 is 1. The van der Waals surface area contributed by atoms with E-state index in [0.29, 0.717) is 23.9 Å². The van der Waals surface area contributed by atoms with Crippen molar-refractivity contribution in [3.8, 4) is 16.9 Å². The maximum Gasteiger partial charge on any atom is 0.321 e. The first-order valence-electron chi connectivity index (χ1n) is 10.6. The molecule has 1 amide bonds. The first-order chi connectivity index (χ1) is 16.1. The smallest absolute Gasteiger partial charge is 0.321 e. The standard InChI is InChI=1S/C26H26F3N3O2/c1-16(31-25(33)26(2,28)29)24(18-6-11-22(34-3)12-7-18)32-23-13-8-19(14-20(23)15-30)17-4-9-21(27)10-5-17/h4-16,24,30,32H,1-3H3,(H,31,33)/t16-,24?/m1/s1. The van der Waals surface area contributed by atoms with Crippen molar-refractivity contribution in [3.05, 3.63) is 83.7 Å². The van der Waals surface area contributed by atoms with Crippen molar-refractivity contribution in [2.45, 2.75) is 31.9 Å². The third kappa shape index (κ3) is 5.95. The Morgan fingerprint density at radius 1 is 1.03 bits per heavy atom. The van der Waals surface area contributed by atoms with E-state index in [-0.39, 0.29) is 5.82 Å². The number of carbonyl (C=O) groups is 1. The fourth-order valence-electron chi connectivity index (χ4n) is 3.53. The van der Waals surface area contributed by atoms with Gasteiger partial charge in [0.1, 0.15) is 11.6 Å². The summed E-state index contributed by atoms with van der Waals surface area (Å²) in [6.07, 6.45) is 1.17. The Morgan fingerprint density at radius 3 is 2.21 bits per heavy atom. The third-order valence-electron chi connectivity index (χ3n) is 5.43. The topological polar surface area (TPSA) is 74.2 Å². The van der Waals surface area contributed by atoms with E-state index in [4.69, 9.17) is 10.1 Å². The lowest BCUT2D eigenvalue weighted by Crippen LogP contribution is -2.46. The van der Waals surface area contributed by atoms with Gasteiger partial charge in [-0.3, -0.25) is 4.79 Å². The van der Waals surface area contributed by atoms with Gasteiger partial charge in [0.25, 0.3) is 5.91 Å². The second-order valence-corrected chi connectivity index (χ2v) is 8.00. The first kappa shape index (κ1) is 24.8. The van der Waals surface area contributed by atoms with Gasteiger partial charge in [-0.1, -0.05) is 30.3 Å². The van der Waals surface area contributed by atoms with Gasteiger partial charge in [0, 0.05) is 24.4 Å². The molecule has 3 aromatic carbocycles. The van der Waals surface area contributed by atoms with E-state index in [0.717, 1.165) is 16.7 Å². The Kier molecular flexibility index (Phi) is 7.61. The second kappa shape index (κ2) is 10.4. The van der Waals surface area contributed by atoms with Gasteiger partial charge in [-0.25, -0.2) is 4.39 Å². The van der Waals surface area contributed by atoms with Gasteiger partial charge in [-0.2, -0.15) is 8.78 Å². The lowest BCUT2D eigenvalue weighted by atomic mass is 9.97. The number of rotatable bonds is 9. The monoisotopic (exact) mass is 469 g/mol. The molecule has 1 unspecified atom stereocenters. The molecule has 0 bridgehead atoms. The predicted molar refractivity (Wildman–Crippen MR) is 127 cm³/mol. The quantitative estimate of drug-likeness (QED) is 0.346. The summed E-state index contributed by atoms with van der Waals surface area (Å²) in [5.74, 6) is -4.61. The first-order valence-corrected chi connectivity index (χ1v) is 10.6. The van der Waals surface area contributed by atoms with Crippen LogP contribution in [0.15, 0.2) is 66.7 Å². The molecule has 3 N–H and O–H groups in total. The molecule has 3 aromatic rings. The summed E-state index contributed by atoms with van der Waals surface area (Å²) in [6, 6.07) is 17.1. The average Bonchev–Trinajstić information content (AvgIpc) is 2.82. The minimum atomic E-state index is -3.52. The summed E-state index contributed by atoms with van der Waals surface area (Å²) in [4.78, 5) is 11.9. The summed E-state index contributed by atoms with van der Waals surface area (Å²) in [5.41, 5.74) is 3.42. The molecule has 0 aliphatic carbocycles. The van der Waals surface area contributed by atoms with Gasteiger partial charge in [-0.05, 0) is 60.0 Å². The number of halogens is 3. The van der Waals surface area contributed by atoms with Crippen LogP contribution < -0.4 is 15.4 Å². The molecule has 0 aliphatic heterocycles. The average molecular weight is 470 g/mol. The van der Waals surface area contributed by atoms with E-state index < -0.39 is 23.9 Å². The molecular formula is C26H26F3N3O2. The maximum atomic E-state index is 13.5. The number of ether oxygens (including phenoxy) is 1. The maximum absolute atomic E-state index is 13.5. The number of benzene rings is 3. The number of anilines is 1. The van der Waals surface area contributed by atoms with Crippen LogP contribution in [0.4, 0.5) is 18.9 Å². The zero-order valence-corrected chi connectivity index (χ0v) is 19.0. The molecule has 34 heavy (non-hydrogen) atoms. The van der Waals surface area contributed by atoms with Gasteiger partial charge in [0.15, 0.2) is 0 Å². The number of hydrogen-bond acceptors (Lipinski definition) is 4. The van der Waals surface area contributed by atoms with Crippen molar-refractivity contribution in [2.75, 3.05) is 12.4 Å². The van der Waals surface area contributed by atoms with Crippen LogP contribution in [0, 0.1) is 11.2 Å². The molecule has 0 saturated heterocycles. The molecule has 2 atom stereocenters. The van der Waals surface area contributed by atoms with Crippen LogP contribution in [0.3, 0.4) is 0 Å². The molecule has 0 spiro atoms. The van der Waals surface area contributed by atoms with E-state index in [1.807, 2.05) is 6.07 Å². The van der Waals surface area contributed by atoms with Crippen molar-refractivity contribution < 1.29 is 22.7 Å². The summed E-state index contributed by atoms with van der Waals surface area (Å²) >= 11 is 0. The molecule has 0 saturated carbocycles. The summed E-state index contributed by atoms with van der Waals surface area (Å²) < 4.78 is 45.5. The lowest BCUT2D eigenvalue weighted by Gasteiger charge is -2.29. The van der Waals surface area contributed by atoms with Gasteiger partial charge < -0.3 is 20.8 Å². The van der Waals surface area contributed by atoms with Crippen LogP contribution >= 0.6 is 0 Å². The van der Waals surface area contributed by atoms with Gasteiger partial charge in [0.05, 0.1) is 19.2 Å². The van der Waals surface area contributed by atoms with E-state index in [1.54, 1.807) is 55.5 Å². The minimum absolute atomic E-state index is 0.342. The van der Waals surface area contributed by atoms with E-state index >= 15 is 0 Å². The van der Waals surface area contributed by atoms with Crippen LogP contribution in [0.1, 0.15) is 31.0 Å². The molecule has 0 aliphatic rings. The van der Waals surface area contributed by atoms with Crippen LogP contribution in [-0.4, -0.2) is 31.2 Å². The van der Waals surface area contributed by atoms with Gasteiger partial charge in [0.2, 0.25) is 0 Å². The highest BCUT2D eigenvalue weighted by molar-refractivity contribution is 5.89. The van der Waals surface area contributed by atoms with Crippen molar-refractivity contribution >= 4 is 17.8 Å². The normalized spacial score (nSPS) is 13.0. The molecule has 178 valence electrons. The predicted octanol–water partition coefficient (Wildman–Crippen LogP) is 5.81. The number of hydrogen-bond donors (Lipinski definition) is 3. The summed E-state index contributed by atoms with van der Waals surface area (Å²) in [7, 11) is 1.54. The number of alkyl halides is 2. The Morgan fingerprint density at radius 2 is 1.65 bits per heavy atom. The number of carbonyl (C=O) groups excluding carboxylic acids is 1. The van der Waals surface area contributed by atoms with E-state index in [9.17, 15) is 18.0 Å². The lowest BCUT2D eigenvalue weighted by molar-refractivity contribution is -0.143. The van der Waals surface area contributed by atoms with E-state index in [1.165, 1.54) is 25.5 Å². The van der Waals surface area contributed by atoms with Gasteiger partial charge >= 0.3 is 5.92 Å². The highest BCUT2D eigenvalue weighted by Gasteiger charge is 2.34. The number of amides is 1. The fourth-order valence-corrected chi connectivity index (χ4v) is 3.53. The Labute approximate surface area is 196 Å². The van der Waals surface area contributed by atoms with Crippen LogP contribution in [0.2, 0.25) is 0 Å². The molecule has 0 heterocycles. The molecule has 3 rings (SSSR count). The zero-order chi connectivity index (χ0) is 24.9. The zero-order valence-electron chi connectivity index (χ0n) is 19.0. The Hall–Kier alpha value is -3.81. The Bertz CT molecular complexity index is 1140. The minimum Gasteiger partial charge on any atom is -0.497 e. The molecule has 0 radical (unpaired) electrons. The molecule has 8 heteroatoms. The SMILES string of the molecule is COc1ccc(C(Nc2ccc(-c3ccc(F)cc3)cc2C=N)[C@@H](C)NC(=O)C(C)(F)F)cc1.